The summed E-state index contributed by atoms with van der Waals surface area (Å²) in [7, 11) is 14.4. The Hall–Kier alpha value is 2.23. The van der Waals surface area contributed by atoms with Crippen LogP contribution in [-0.2, 0) is 0 Å². The summed E-state index contributed by atoms with van der Waals surface area (Å²) >= 11 is 0.833. The summed E-state index contributed by atoms with van der Waals surface area (Å²) in [6, 6.07) is 0. The summed E-state index contributed by atoms with van der Waals surface area (Å²) in [5.74, 6) is 0. The minimum atomic E-state index is -0.639. The molecule has 0 aromatic rings. The third kappa shape index (κ3) is 66.3. The van der Waals surface area contributed by atoms with Gasteiger partial charge in [-0.2, -0.15) is 0 Å². The fraction of sp³-hybridized carbons (Fsp3) is 0.750. The maximum atomic E-state index is 4.90. The Kier molecular flexibility index (Phi) is 61.4. The van der Waals surface area contributed by atoms with Crippen molar-refractivity contribution in [3.63, 3.8) is 0 Å². The first kappa shape index (κ1) is 17.4. The maximum absolute atomic E-state index is 4.90. The van der Waals surface area contributed by atoms with Crippen molar-refractivity contribution in [1.82, 2.24) is 0 Å². The van der Waals surface area contributed by atoms with Crippen molar-refractivity contribution >= 4 is 62.8 Å². The van der Waals surface area contributed by atoms with Crippen molar-refractivity contribution in [2.24, 2.45) is 0 Å². The van der Waals surface area contributed by atoms with E-state index in [2.05, 4.69) is 30.1 Å². The third-order valence-electron chi connectivity index (χ3n) is 0.408. The Bertz CT molecular complexity index is 23.3. The van der Waals surface area contributed by atoms with Crippen LogP contribution < -0.4 is 0 Å². The topological polar surface area (TPSA) is 0 Å². The van der Waals surface area contributed by atoms with Crippen molar-refractivity contribution in [2.75, 3.05) is 0 Å². The van der Waals surface area contributed by atoms with E-state index in [0.29, 0.717) is 0 Å². The van der Waals surface area contributed by atoms with Crippen LogP contribution in [0.3, 0.4) is 0 Å². The second-order valence-electron chi connectivity index (χ2n) is 0.918. The summed E-state index contributed by atoms with van der Waals surface area (Å²) in [5.41, 5.74) is 0. The second kappa shape index (κ2) is 31.9. The van der Waals surface area contributed by atoms with Gasteiger partial charge in [-0.1, -0.05) is 20.3 Å². The number of unbranched alkanes of at least 4 members (excludes halogenated alkanes) is 1. The molecule has 0 amide bonds. The molecule has 0 N–H and O–H groups in total. The summed E-state index contributed by atoms with van der Waals surface area (Å²) in [6.45, 7) is 4.18. The molecular weight excluding hydrogens is 186 g/mol. The molecule has 0 heterocycles. The standard InChI is InChI=1S/C4H9.3ClH.Li.Mg/c1-3-4-2;;;;;/h3H,4H2,1-2H3;3*1H;;/q;;;;+1;+2/p-3. The van der Waals surface area contributed by atoms with Crippen molar-refractivity contribution in [1.29, 1.82) is 0 Å². The molecule has 0 bridgehead atoms. The zero-order valence-electron chi connectivity index (χ0n) is 6.13. The fourth-order valence-corrected chi connectivity index (χ4v) is 0. The molecule has 0 atom stereocenters. The van der Waals surface area contributed by atoms with Crippen LogP contribution in [0.1, 0.15) is 20.3 Å². The Morgan fingerprint density at radius 2 is 1.56 bits per heavy atom. The average molecular weight is 195 g/mol. The summed E-state index contributed by atoms with van der Waals surface area (Å²) in [6.07, 6.45) is 3.32. The van der Waals surface area contributed by atoms with Gasteiger partial charge in [-0.25, -0.2) is 0 Å². The Labute approximate surface area is 88.6 Å². The van der Waals surface area contributed by atoms with E-state index in [9.17, 15) is 0 Å². The van der Waals surface area contributed by atoms with Crippen LogP contribution in [-0.4, -0.2) is 34.9 Å². The number of rotatable bonds is 1. The van der Waals surface area contributed by atoms with Gasteiger partial charge < -0.3 is 18.1 Å². The predicted molar refractivity (Wildman–Crippen MR) is 49.3 cm³/mol. The molecule has 0 aliphatic heterocycles. The van der Waals surface area contributed by atoms with Gasteiger partial charge >= 0.3 is 44.7 Å². The first-order valence-electron chi connectivity index (χ1n) is 2.61. The van der Waals surface area contributed by atoms with Gasteiger partial charge in [-0.3, -0.25) is 0 Å². The van der Waals surface area contributed by atoms with Gasteiger partial charge in [0.25, 0.3) is 0 Å². The van der Waals surface area contributed by atoms with E-state index < -0.39 is 18.2 Å². The van der Waals surface area contributed by atoms with Gasteiger partial charge in [0.2, 0.25) is 0 Å². The van der Waals surface area contributed by atoms with Crippen LogP contribution in [0.4, 0.5) is 0 Å². The van der Waals surface area contributed by atoms with E-state index in [4.69, 9.17) is 18.1 Å². The molecule has 0 unspecified atom stereocenters. The molecule has 0 spiro atoms. The molecule has 0 saturated carbocycles. The molecule has 0 fully saturated rings. The van der Waals surface area contributed by atoms with Crippen molar-refractivity contribution in [2.45, 2.75) is 20.3 Å². The van der Waals surface area contributed by atoms with E-state index in [-0.39, 0.29) is 0 Å². The van der Waals surface area contributed by atoms with Gasteiger partial charge in [0, 0.05) is 0 Å². The monoisotopic (exact) mass is 193 g/mol. The number of halogens is 3. The summed E-state index contributed by atoms with van der Waals surface area (Å²) in [5, 5.41) is 0. The fourth-order valence-electron chi connectivity index (χ4n) is 0. The van der Waals surface area contributed by atoms with Crippen molar-refractivity contribution in [3.8, 4) is 0 Å². The Morgan fingerprint density at radius 3 is 1.56 bits per heavy atom. The molecule has 0 aromatic heterocycles. The predicted octanol–water partition coefficient (Wildman–Crippen LogP) is 2.93. The van der Waals surface area contributed by atoms with Crippen LogP contribution in [0, 0.1) is 6.42 Å². The normalized spacial score (nSPS) is 5.22. The molecule has 0 aromatic carbocycles. The molecule has 0 saturated heterocycles. The van der Waals surface area contributed by atoms with E-state index >= 15 is 0 Å². The van der Waals surface area contributed by atoms with Crippen molar-refractivity contribution in [3.05, 3.63) is 6.42 Å². The zero-order chi connectivity index (χ0) is 8.12. The van der Waals surface area contributed by atoms with E-state index in [1.807, 2.05) is 0 Å². The van der Waals surface area contributed by atoms with Crippen LogP contribution in [0.15, 0.2) is 0 Å². The first-order chi connectivity index (χ1) is 4.33. The molecular formula is C4H9Cl3LiMg. The quantitative estimate of drug-likeness (QED) is 0.564. The van der Waals surface area contributed by atoms with Crippen molar-refractivity contribution < 1.29 is 0 Å². The molecule has 1 radical (unpaired) electrons. The molecule has 0 nitrogen and oxygen atoms in total. The molecule has 49 valence electrons. The SMILES string of the molecule is C[CH]CC.[Cl][Mg][Cl].[Li][Cl]. The van der Waals surface area contributed by atoms with Gasteiger partial charge in [-0.15, -0.1) is 0 Å². The van der Waals surface area contributed by atoms with E-state index in [1.54, 1.807) is 0 Å². The van der Waals surface area contributed by atoms with Gasteiger partial charge in [0.1, 0.15) is 0 Å². The summed E-state index contributed by atoms with van der Waals surface area (Å²) in [4.78, 5) is 0. The first-order valence-corrected chi connectivity index (χ1v) is 7.64. The minimum absolute atomic E-state index is 0.639. The molecule has 5 heteroatoms. The van der Waals surface area contributed by atoms with Gasteiger partial charge in [0.15, 0.2) is 0 Å². The van der Waals surface area contributed by atoms with Gasteiger partial charge in [0.05, 0.1) is 0 Å². The average Bonchev–Trinajstić information content (AvgIpc) is 1.94. The van der Waals surface area contributed by atoms with Crippen LogP contribution in [0.2, 0.25) is 0 Å². The molecule has 9 heavy (non-hydrogen) atoms. The van der Waals surface area contributed by atoms with Gasteiger partial charge in [-0.05, 0) is 6.42 Å². The van der Waals surface area contributed by atoms with Crippen LogP contribution in [0.5, 0.6) is 0 Å². The van der Waals surface area contributed by atoms with Crippen LogP contribution in [0.25, 0.3) is 0 Å². The number of hydrogen-bond donors (Lipinski definition) is 0. The Morgan fingerprint density at radius 1 is 1.44 bits per heavy atom. The van der Waals surface area contributed by atoms with E-state index in [0.717, 1.165) is 0 Å². The molecule has 0 aliphatic rings. The molecule has 0 rings (SSSR count). The summed E-state index contributed by atoms with van der Waals surface area (Å²) < 4.78 is 0. The van der Waals surface area contributed by atoms with Crippen LogP contribution >= 0.6 is 27.9 Å². The third-order valence-corrected chi connectivity index (χ3v) is 0.408. The Balaban J connectivity index is -0.0000000646. The number of hydrogen-bond acceptors (Lipinski definition) is 0. The zero-order valence-corrected chi connectivity index (χ0v) is 9.81. The molecule has 0 aliphatic carbocycles. The van der Waals surface area contributed by atoms with E-state index in [1.165, 1.54) is 23.2 Å². The second-order valence-corrected chi connectivity index (χ2v) is 3.54.